The molecule has 0 radical (unpaired) electrons. The van der Waals surface area contributed by atoms with Gasteiger partial charge in [0.25, 0.3) is 10.0 Å². The number of sulfonamides is 1. The largest absolute Gasteiger partial charge is 0.347 e. The molecule has 1 aromatic heterocycles. The van der Waals surface area contributed by atoms with E-state index in [0.29, 0.717) is 5.95 Å². The van der Waals surface area contributed by atoms with E-state index in [1.165, 1.54) is 23.5 Å². The third-order valence-corrected chi connectivity index (χ3v) is 6.55. The maximum Gasteiger partial charge on any atom is 0.333 e. The van der Waals surface area contributed by atoms with Crippen LogP contribution in [0.15, 0.2) is 23.4 Å². The van der Waals surface area contributed by atoms with E-state index in [1.54, 1.807) is 19.0 Å². The Balaban J connectivity index is 1.55. The second kappa shape index (κ2) is 7.05. The molecule has 2 N–H and O–H groups in total. The van der Waals surface area contributed by atoms with Gasteiger partial charge in [-0.1, -0.05) is 6.07 Å². The van der Waals surface area contributed by atoms with Crippen LogP contribution >= 0.6 is 0 Å². The van der Waals surface area contributed by atoms with E-state index in [-0.39, 0.29) is 4.90 Å². The first-order valence-electron chi connectivity index (χ1n) is 9.35. The smallest absolute Gasteiger partial charge is 0.333 e. The summed E-state index contributed by atoms with van der Waals surface area (Å²) >= 11 is 0. The highest BCUT2D eigenvalue weighted by Crippen LogP contribution is 2.38. The first-order chi connectivity index (χ1) is 13.3. The summed E-state index contributed by atoms with van der Waals surface area (Å²) in [7, 11) is -0.544. The van der Waals surface area contributed by atoms with E-state index in [2.05, 4.69) is 26.1 Å². The highest BCUT2D eigenvalue weighted by atomic mass is 32.2. The number of nitrogens with one attached hydrogen (secondary N) is 2. The molecule has 2 aliphatic carbocycles. The Morgan fingerprint density at radius 2 is 1.57 bits per heavy atom. The summed E-state index contributed by atoms with van der Waals surface area (Å²) in [5, 5.41) is 2.82. The van der Waals surface area contributed by atoms with Gasteiger partial charge in [0, 0.05) is 19.8 Å². The zero-order chi connectivity index (χ0) is 19.9. The molecule has 8 nitrogen and oxygen atoms in total. The molecule has 0 saturated heterocycles. The number of hydrogen-bond donors (Lipinski definition) is 2. The Labute approximate surface area is 164 Å². The van der Waals surface area contributed by atoms with Crippen molar-refractivity contribution in [3.05, 3.63) is 40.7 Å². The Kier molecular flexibility index (Phi) is 4.70. The van der Waals surface area contributed by atoms with E-state index in [1.807, 2.05) is 0 Å². The lowest BCUT2D eigenvalue weighted by Crippen LogP contribution is -2.35. The van der Waals surface area contributed by atoms with Crippen LogP contribution in [0.25, 0.3) is 0 Å². The molecule has 4 rings (SSSR count). The molecule has 0 atom stereocenters. The normalized spacial score (nSPS) is 15.1. The molecule has 1 aromatic carbocycles. The molecule has 0 saturated carbocycles. The molecule has 0 spiro atoms. The summed E-state index contributed by atoms with van der Waals surface area (Å²) in [5.74, 6) is 0.388. The molecule has 28 heavy (non-hydrogen) atoms. The van der Waals surface area contributed by atoms with E-state index in [4.69, 9.17) is 0 Å². The predicted octanol–water partition coefficient (Wildman–Crippen LogP) is 2.03. The fraction of sp³-hybridized carbons (Fsp3) is 0.421. The topological polar surface area (TPSA) is 104 Å². The third-order valence-electron chi connectivity index (χ3n) is 5.26. The van der Waals surface area contributed by atoms with Crippen molar-refractivity contribution < 1.29 is 13.2 Å². The molecule has 9 heteroatoms. The Bertz CT molecular complexity index is 1000. The minimum atomic E-state index is -4.06. The molecular formula is C19H23N5O3S. The van der Waals surface area contributed by atoms with E-state index in [0.717, 1.165) is 55.3 Å². The number of amides is 2. The van der Waals surface area contributed by atoms with Crippen molar-refractivity contribution in [2.24, 2.45) is 0 Å². The molecule has 0 aliphatic heterocycles. The van der Waals surface area contributed by atoms with Crippen molar-refractivity contribution in [3.8, 4) is 0 Å². The maximum absolute atomic E-state index is 12.5. The number of nitrogens with zero attached hydrogens (tertiary/aromatic N) is 3. The van der Waals surface area contributed by atoms with Crippen molar-refractivity contribution in [1.82, 2.24) is 14.7 Å². The van der Waals surface area contributed by atoms with E-state index < -0.39 is 16.1 Å². The van der Waals surface area contributed by atoms with Crippen molar-refractivity contribution in [2.45, 2.75) is 43.4 Å². The van der Waals surface area contributed by atoms with E-state index >= 15 is 0 Å². The highest BCUT2D eigenvalue weighted by molar-refractivity contribution is 7.90. The maximum atomic E-state index is 12.5. The van der Waals surface area contributed by atoms with Crippen LogP contribution in [0.1, 0.15) is 35.1 Å². The van der Waals surface area contributed by atoms with Crippen molar-refractivity contribution in [3.63, 3.8) is 0 Å². The van der Waals surface area contributed by atoms with Gasteiger partial charge < -0.3 is 10.2 Å². The van der Waals surface area contributed by atoms with Gasteiger partial charge in [0.15, 0.2) is 0 Å². The summed E-state index contributed by atoms with van der Waals surface area (Å²) in [6.45, 7) is 0. The minimum absolute atomic E-state index is 0.156. The number of hydrogen-bond acceptors (Lipinski definition) is 6. The first kappa shape index (κ1) is 18.7. The summed E-state index contributed by atoms with van der Waals surface area (Å²) in [4.78, 5) is 22.0. The Hall–Kier alpha value is -2.68. The summed E-state index contributed by atoms with van der Waals surface area (Å²) in [5.41, 5.74) is 5.63. The SMILES string of the molecule is CN(C)c1ncc(S(=O)(=O)NC(=O)Nc2c3c(cc4c2CCC4)CCC3)cn1. The van der Waals surface area contributed by atoms with Gasteiger partial charge >= 0.3 is 6.03 Å². The quantitative estimate of drug-likeness (QED) is 0.812. The molecule has 0 unspecified atom stereocenters. The molecule has 2 aliphatic rings. The molecule has 2 aromatic rings. The number of fused-ring (bicyclic) bond motifs is 2. The van der Waals surface area contributed by atoms with Crippen molar-refractivity contribution in [2.75, 3.05) is 24.3 Å². The van der Waals surface area contributed by atoms with Gasteiger partial charge in [-0.2, -0.15) is 0 Å². The Morgan fingerprint density at radius 3 is 2.11 bits per heavy atom. The monoisotopic (exact) mass is 401 g/mol. The van der Waals surface area contributed by atoms with Crippen LogP contribution in [-0.4, -0.2) is 38.5 Å². The lowest BCUT2D eigenvalue weighted by atomic mass is 9.99. The number of carbonyl (C=O) groups excluding carboxylic acids is 1. The van der Waals surface area contributed by atoms with Gasteiger partial charge in [0.05, 0.1) is 12.4 Å². The van der Waals surface area contributed by atoms with Crippen molar-refractivity contribution >= 4 is 27.7 Å². The molecule has 1 heterocycles. The van der Waals surface area contributed by atoms with Crippen LogP contribution in [0.2, 0.25) is 0 Å². The van der Waals surface area contributed by atoms with Crippen LogP contribution in [0.3, 0.4) is 0 Å². The van der Waals surface area contributed by atoms with Crippen molar-refractivity contribution in [1.29, 1.82) is 0 Å². The van der Waals surface area contributed by atoms with Crippen LogP contribution in [0, 0.1) is 0 Å². The molecule has 0 bridgehead atoms. The average Bonchev–Trinajstić information content (AvgIpc) is 3.30. The van der Waals surface area contributed by atoms with Gasteiger partial charge in [-0.05, 0) is 60.8 Å². The standard InChI is InChI=1S/C19H23N5O3S/c1-24(2)18-20-10-14(11-21-18)28(26,27)23-19(25)22-17-15-7-3-5-12(15)9-13-6-4-8-16(13)17/h9-11H,3-8H2,1-2H3,(H2,22,23,25). The van der Waals surface area contributed by atoms with Crippen LogP contribution in [0.4, 0.5) is 16.4 Å². The average molecular weight is 401 g/mol. The molecular weight excluding hydrogens is 378 g/mol. The summed E-state index contributed by atoms with van der Waals surface area (Å²) in [6, 6.07) is 1.50. The fourth-order valence-corrected chi connectivity index (χ4v) is 4.76. The third kappa shape index (κ3) is 3.42. The number of urea groups is 1. The number of aryl methyl sites for hydroxylation is 2. The number of anilines is 2. The molecule has 2 amide bonds. The minimum Gasteiger partial charge on any atom is -0.347 e. The second-order valence-corrected chi connectivity index (χ2v) is 9.09. The fourth-order valence-electron chi connectivity index (χ4n) is 3.97. The van der Waals surface area contributed by atoms with Crippen LogP contribution in [0.5, 0.6) is 0 Å². The lowest BCUT2D eigenvalue weighted by Gasteiger charge is -2.16. The predicted molar refractivity (Wildman–Crippen MR) is 106 cm³/mol. The first-order valence-corrected chi connectivity index (χ1v) is 10.8. The molecule has 148 valence electrons. The van der Waals surface area contributed by atoms with Crippen LogP contribution in [-0.2, 0) is 35.7 Å². The second-order valence-electron chi connectivity index (χ2n) is 7.41. The Morgan fingerprint density at radius 1 is 1.00 bits per heavy atom. The summed E-state index contributed by atoms with van der Waals surface area (Å²) in [6.07, 6.45) is 8.33. The van der Waals surface area contributed by atoms with Gasteiger partial charge in [-0.3, -0.25) is 0 Å². The van der Waals surface area contributed by atoms with Gasteiger partial charge in [0.2, 0.25) is 5.95 Å². The van der Waals surface area contributed by atoms with Gasteiger partial charge in [-0.25, -0.2) is 27.9 Å². The highest BCUT2D eigenvalue weighted by Gasteiger charge is 2.26. The van der Waals surface area contributed by atoms with Gasteiger partial charge in [-0.15, -0.1) is 0 Å². The van der Waals surface area contributed by atoms with Gasteiger partial charge in [0.1, 0.15) is 4.90 Å². The molecule has 0 fully saturated rings. The van der Waals surface area contributed by atoms with E-state index in [9.17, 15) is 13.2 Å². The zero-order valence-corrected chi connectivity index (χ0v) is 16.8. The van der Waals surface area contributed by atoms with Crippen LogP contribution < -0.4 is 14.9 Å². The lowest BCUT2D eigenvalue weighted by molar-refractivity contribution is 0.256. The number of aromatic nitrogens is 2. The zero-order valence-electron chi connectivity index (χ0n) is 15.9. The number of rotatable bonds is 4. The summed E-state index contributed by atoms with van der Waals surface area (Å²) < 4.78 is 27.1. The number of benzene rings is 1. The number of carbonyl (C=O) groups is 1.